The van der Waals surface area contributed by atoms with Gasteiger partial charge in [-0.25, -0.2) is 9.78 Å². The van der Waals surface area contributed by atoms with Crippen molar-refractivity contribution in [1.82, 2.24) is 4.98 Å². The minimum Gasteiger partial charge on any atom is -0.478 e. The van der Waals surface area contributed by atoms with Crippen molar-refractivity contribution < 1.29 is 19.1 Å². The summed E-state index contributed by atoms with van der Waals surface area (Å²) in [7, 11) is 1.61. The topological polar surface area (TPSA) is 72.6 Å². The number of rotatable bonds is 4. The summed E-state index contributed by atoms with van der Waals surface area (Å²) in [5.74, 6) is -0.561. The number of methoxy groups -OCH3 is 1. The number of furan rings is 1. The van der Waals surface area contributed by atoms with Crippen molar-refractivity contribution in [2.45, 2.75) is 13.0 Å². The Hall–Kier alpha value is -1.66. The molecule has 0 aliphatic carbocycles. The van der Waals surface area contributed by atoms with Crippen molar-refractivity contribution in [3.63, 3.8) is 0 Å². The van der Waals surface area contributed by atoms with Crippen molar-refractivity contribution in [3.8, 4) is 11.5 Å². The van der Waals surface area contributed by atoms with Crippen molar-refractivity contribution >= 4 is 17.3 Å². The van der Waals surface area contributed by atoms with E-state index in [2.05, 4.69) is 4.98 Å². The van der Waals surface area contributed by atoms with Gasteiger partial charge in [0.2, 0.25) is 0 Å². The Bertz CT molecular complexity index is 531. The Kier molecular flexibility index (Phi) is 3.26. The Morgan fingerprint density at radius 3 is 3.00 bits per heavy atom. The van der Waals surface area contributed by atoms with Gasteiger partial charge in [0.15, 0.2) is 5.76 Å². The molecule has 0 aliphatic rings. The first kappa shape index (κ1) is 11.8. The summed E-state index contributed by atoms with van der Waals surface area (Å²) < 4.78 is 10.3. The van der Waals surface area contributed by atoms with Crippen LogP contribution in [0.5, 0.6) is 0 Å². The minimum absolute atomic E-state index is 0.0809. The third-order valence-electron chi connectivity index (χ3n) is 2.32. The summed E-state index contributed by atoms with van der Waals surface area (Å²) in [6.07, 6.45) is 1.12. The van der Waals surface area contributed by atoms with E-state index in [1.807, 2.05) is 12.3 Å². The van der Waals surface area contributed by atoms with Gasteiger partial charge in [0.25, 0.3) is 0 Å². The molecule has 0 fully saturated rings. The minimum atomic E-state index is -1.01. The maximum Gasteiger partial charge on any atom is 0.338 e. The Labute approximate surface area is 102 Å². The van der Waals surface area contributed by atoms with Gasteiger partial charge in [-0.1, -0.05) is 0 Å². The quantitative estimate of drug-likeness (QED) is 0.907. The molecule has 0 radical (unpaired) electrons. The molecular formula is C11H11NO4S. The maximum absolute atomic E-state index is 10.7. The fourth-order valence-electron chi connectivity index (χ4n) is 1.27. The molecule has 0 aliphatic heterocycles. The van der Waals surface area contributed by atoms with Gasteiger partial charge < -0.3 is 14.3 Å². The van der Waals surface area contributed by atoms with E-state index in [0.717, 1.165) is 5.01 Å². The van der Waals surface area contributed by atoms with E-state index in [9.17, 15) is 4.79 Å². The molecule has 1 N–H and O–H groups in total. The van der Waals surface area contributed by atoms with Gasteiger partial charge in [-0.2, -0.15) is 0 Å². The highest BCUT2D eigenvalue weighted by molar-refractivity contribution is 7.10. The van der Waals surface area contributed by atoms with Crippen molar-refractivity contribution in [2.24, 2.45) is 0 Å². The Morgan fingerprint density at radius 1 is 1.65 bits per heavy atom. The second kappa shape index (κ2) is 4.68. The summed E-state index contributed by atoms with van der Waals surface area (Å²) in [4.78, 5) is 15.0. The summed E-state index contributed by atoms with van der Waals surface area (Å²) in [5.41, 5.74) is 0.746. The third-order valence-corrected chi connectivity index (χ3v) is 3.33. The SMILES string of the molecule is COC(C)c1nc(-c2cc(C(=O)O)co2)cs1. The average molecular weight is 253 g/mol. The normalized spacial score (nSPS) is 12.6. The van der Waals surface area contributed by atoms with E-state index in [0.29, 0.717) is 11.5 Å². The lowest BCUT2D eigenvalue weighted by Crippen LogP contribution is -1.94. The molecule has 0 amide bonds. The highest BCUT2D eigenvalue weighted by Crippen LogP contribution is 2.27. The van der Waals surface area contributed by atoms with Crippen LogP contribution in [0.15, 0.2) is 22.1 Å². The van der Waals surface area contributed by atoms with Gasteiger partial charge in [0, 0.05) is 18.6 Å². The monoisotopic (exact) mass is 253 g/mol. The second-order valence-corrected chi connectivity index (χ2v) is 4.34. The largest absolute Gasteiger partial charge is 0.478 e. The number of aromatic carboxylic acids is 1. The molecule has 1 atom stereocenters. The van der Waals surface area contributed by atoms with Gasteiger partial charge in [-0.05, 0) is 6.92 Å². The van der Waals surface area contributed by atoms with Gasteiger partial charge in [-0.15, -0.1) is 11.3 Å². The summed E-state index contributed by atoms with van der Waals surface area (Å²) in [6.45, 7) is 1.90. The molecule has 90 valence electrons. The average Bonchev–Trinajstić information content (AvgIpc) is 2.95. The number of carbonyl (C=O) groups is 1. The molecule has 2 aromatic rings. The number of carboxylic acid groups (broad SMARTS) is 1. The first-order valence-electron chi connectivity index (χ1n) is 4.92. The maximum atomic E-state index is 10.7. The van der Waals surface area contributed by atoms with E-state index >= 15 is 0 Å². The number of hydrogen-bond acceptors (Lipinski definition) is 5. The van der Waals surface area contributed by atoms with Crippen molar-refractivity contribution in [3.05, 3.63) is 28.3 Å². The molecule has 0 saturated carbocycles. The number of hydrogen-bond donors (Lipinski definition) is 1. The molecule has 2 rings (SSSR count). The predicted octanol–water partition coefficient (Wildman–Crippen LogP) is 2.81. The fraction of sp³-hybridized carbons (Fsp3) is 0.273. The molecule has 0 bridgehead atoms. The van der Waals surface area contributed by atoms with Gasteiger partial charge in [0.1, 0.15) is 23.1 Å². The van der Waals surface area contributed by atoms with Crippen LogP contribution in [0.1, 0.15) is 28.4 Å². The predicted molar refractivity (Wildman–Crippen MR) is 62.2 cm³/mol. The van der Waals surface area contributed by atoms with Crippen LogP contribution in [0.2, 0.25) is 0 Å². The number of ether oxygens (including phenoxy) is 1. The summed E-state index contributed by atoms with van der Waals surface area (Å²) in [6, 6.07) is 1.46. The zero-order valence-corrected chi connectivity index (χ0v) is 10.2. The molecule has 6 heteroatoms. The smallest absolute Gasteiger partial charge is 0.338 e. The van der Waals surface area contributed by atoms with Crippen LogP contribution in [-0.4, -0.2) is 23.2 Å². The van der Waals surface area contributed by atoms with Crippen LogP contribution in [-0.2, 0) is 4.74 Å². The summed E-state index contributed by atoms with van der Waals surface area (Å²) >= 11 is 1.45. The fourth-order valence-corrected chi connectivity index (χ4v) is 2.11. The highest BCUT2D eigenvalue weighted by Gasteiger charge is 2.14. The third kappa shape index (κ3) is 2.37. The number of nitrogens with zero attached hydrogens (tertiary/aromatic N) is 1. The molecule has 17 heavy (non-hydrogen) atoms. The van der Waals surface area contributed by atoms with E-state index in [1.54, 1.807) is 7.11 Å². The number of aromatic nitrogens is 1. The van der Waals surface area contributed by atoms with Gasteiger partial charge in [0.05, 0.1) is 5.56 Å². The Balaban J connectivity index is 2.27. The van der Waals surface area contributed by atoms with Crippen LogP contribution in [0, 0.1) is 0 Å². The first-order chi connectivity index (χ1) is 8.11. The lowest BCUT2D eigenvalue weighted by Gasteiger charge is -2.03. The van der Waals surface area contributed by atoms with E-state index < -0.39 is 5.97 Å². The van der Waals surface area contributed by atoms with Crippen molar-refractivity contribution in [2.75, 3.05) is 7.11 Å². The van der Waals surface area contributed by atoms with E-state index in [1.165, 1.54) is 23.7 Å². The van der Waals surface area contributed by atoms with Crippen LogP contribution >= 0.6 is 11.3 Å². The Morgan fingerprint density at radius 2 is 2.41 bits per heavy atom. The van der Waals surface area contributed by atoms with Crippen LogP contribution in [0.4, 0.5) is 0 Å². The molecular weight excluding hydrogens is 242 g/mol. The van der Waals surface area contributed by atoms with Crippen LogP contribution < -0.4 is 0 Å². The number of carboxylic acids is 1. The zero-order chi connectivity index (χ0) is 12.4. The highest BCUT2D eigenvalue weighted by atomic mass is 32.1. The molecule has 2 aromatic heterocycles. The molecule has 2 heterocycles. The van der Waals surface area contributed by atoms with E-state index in [4.69, 9.17) is 14.3 Å². The molecule has 0 saturated heterocycles. The lowest BCUT2D eigenvalue weighted by atomic mass is 10.3. The first-order valence-corrected chi connectivity index (χ1v) is 5.80. The summed E-state index contributed by atoms with van der Waals surface area (Å²) in [5, 5.41) is 11.4. The zero-order valence-electron chi connectivity index (χ0n) is 9.34. The molecule has 0 spiro atoms. The van der Waals surface area contributed by atoms with Gasteiger partial charge in [-0.3, -0.25) is 0 Å². The number of thiazole rings is 1. The van der Waals surface area contributed by atoms with Crippen molar-refractivity contribution in [1.29, 1.82) is 0 Å². The van der Waals surface area contributed by atoms with Crippen LogP contribution in [0.25, 0.3) is 11.5 Å². The second-order valence-electron chi connectivity index (χ2n) is 3.45. The van der Waals surface area contributed by atoms with E-state index in [-0.39, 0.29) is 11.7 Å². The van der Waals surface area contributed by atoms with Gasteiger partial charge >= 0.3 is 5.97 Å². The molecule has 5 nitrogen and oxygen atoms in total. The molecule has 1 unspecified atom stereocenters. The standard InChI is InChI=1S/C11H11NO4S/c1-6(15-2)10-12-8(5-17-10)9-3-7(4-16-9)11(13)14/h3-6H,1-2H3,(H,13,14). The lowest BCUT2D eigenvalue weighted by molar-refractivity contribution is 0.0696. The molecule has 0 aromatic carbocycles. The van der Waals surface area contributed by atoms with Crippen LogP contribution in [0.3, 0.4) is 0 Å².